The molecule has 1 N–H and O–H groups in total. The molecule has 0 saturated heterocycles. The van der Waals surface area contributed by atoms with Crippen LogP contribution in [0.15, 0.2) is 28.7 Å². The van der Waals surface area contributed by atoms with Crippen molar-refractivity contribution in [2.24, 2.45) is 0 Å². The second-order valence-electron chi connectivity index (χ2n) is 5.34. The molecule has 0 unspecified atom stereocenters. The molecular formula is C15H23N3O. The van der Waals surface area contributed by atoms with E-state index in [0.29, 0.717) is 18.1 Å². The van der Waals surface area contributed by atoms with Gasteiger partial charge >= 0.3 is 0 Å². The Morgan fingerprint density at radius 3 is 2.47 bits per heavy atom. The maximum absolute atomic E-state index is 5.63. The third kappa shape index (κ3) is 3.47. The van der Waals surface area contributed by atoms with Gasteiger partial charge in [-0.3, -0.25) is 4.90 Å². The van der Waals surface area contributed by atoms with Crippen LogP contribution in [0.3, 0.4) is 0 Å². The van der Waals surface area contributed by atoms with Crippen molar-refractivity contribution >= 4 is 17.1 Å². The topological polar surface area (TPSA) is 41.3 Å². The minimum absolute atomic E-state index is 0.547. The lowest BCUT2D eigenvalue weighted by atomic mass is 10.2. The molecule has 1 aromatic carbocycles. The van der Waals surface area contributed by atoms with Crippen molar-refractivity contribution < 1.29 is 4.42 Å². The maximum atomic E-state index is 5.63. The number of nitrogens with zero attached hydrogens (tertiary/aromatic N) is 2. The van der Waals surface area contributed by atoms with Crippen molar-refractivity contribution in [1.82, 2.24) is 9.88 Å². The molecule has 0 aliphatic rings. The highest BCUT2D eigenvalue weighted by atomic mass is 16.4. The summed E-state index contributed by atoms with van der Waals surface area (Å²) in [6.07, 6.45) is 0. The van der Waals surface area contributed by atoms with Crippen LogP contribution in [0.1, 0.15) is 27.7 Å². The zero-order valence-electron chi connectivity index (χ0n) is 12.2. The van der Waals surface area contributed by atoms with Crippen LogP contribution in [0.2, 0.25) is 0 Å². The third-order valence-corrected chi connectivity index (χ3v) is 3.27. The average Bonchev–Trinajstić information content (AvgIpc) is 2.76. The zero-order chi connectivity index (χ0) is 13.8. The van der Waals surface area contributed by atoms with Crippen LogP contribution in [-0.2, 0) is 0 Å². The van der Waals surface area contributed by atoms with E-state index in [1.54, 1.807) is 0 Å². The van der Waals surface area contributed by atoms with Crippen molar-refractivity contribution in [3.05, 3.63) is 24.3 Å². The number of hydrogen-bond donors (Lipinski definition) is 1. The van der Waals surface area contributed by atoms with E-state index in [0.717, 1.165) is 24.2 Å². The number of oxazole rings is 1. The SMILES string of the molecule is CC(C)N(CCNc1nc2ccccc2o1)C(C)C. The molecule has 0 saturated carbocycles. The smallest absolute Gasteiger partial charge is 0.295 e. The Hall–Kier alpha value is -1.55. The van der Waals surface area contributed by atoms with Gasteiger partial charge in [-0.25, -0.2) is 0 Å². The fourth-order valence-corrected chi connectivity index (χ4v) is 2.35. The number of hydrogen-bond acceptors (Lipinski definition) is 4. The van der Waals surface area contributed by atoms with Crippen molar-refractivity contribution in [3.8, 4) is 0 Å². The fourth-order valence-electron chi connectivity index (χ4n) is 2.35. The van der Waals surface area contributed by atoms with E-state index >= 15 is 0 Å². The molecule has 0 atom stereocenters. The van der Waals surface area contributed by atoms with Gasteiger partial charge in [0.2, 0.25) is 0 Å². The first-order chi connectivity index (χ1) is 9.08. The number of para-hydroxylation sites is 2. The number of aromatic nitrogens is 1. The first kappa shape index (κ1) is 13.9. The van der Waals surface area contributed by atoms with E-state index in [4.69, 9.17) is 4.42 Å². The Kier molecular flexibility index (Phi) is 4.43. The Morgan fingerprint density at radius 2 is 1.84 bits per heavy atom. The number of anilines is 1. The molecule has 4 heteroatoms. The van der Waals surface area contributed by atoms with Crippen molar-refractivity contribution in [2.75, 3.05) is 18.4 Å². The van der Waals surface area contributed by atoms with Gasteiger partial charge in [-0.2, -0.15) is 4.98 Å². The van der Waals surface area contributed by atoms with E-state index in [2.05, 4.69) is 42.9 Å². The monoisotopic (exact) mass is 261 g/mol. The summed E-state index contributed by atoms with van der Waals surface area (Å²) in [7, 11) is 0. The standard InChI is InChI=1S/C15H23N3O/c1-11(2)18(12(3)4)10-9-16-15-17-13-7-5-6-8-14(13)19-15/h5-8,11-12H,9-10H2,1-4H3,(H,16,17). The molecular weight excluding hydrogens is 238 g/mol. The Labute approximate surface area is 114 Å². The normalized spacial score (nSPS) is 11.9. The molecule has 1 heterocycles. The van der Waals surface area contributed by atoms with Crippen LogP contribution >= 0.6 is 0 Å². The predicted molar refractivity (Wildman–Crippen MR) is 79.5 cm³/mol. The Morgan fingerprint density at radius 1 is 1.16 bits per heavy atom. The van der Waals surface area contributed by atoms with Gasteiger partial charge in [0.15, 0.2) is 5.58 Å². The van der Waals surface area contributed by atoms with Gasteiger partial charge in [-0.1, -0.05) is 12.1 Å². The molecule has 0 aliphatic carbocycles. The van der Waals surface area contributed by atoms with Crippen LogP contribution in [0.5, 0.6) is 0 Å². The van der Waals surface area contributed by atoms with Gasteiger partial charge < -0.3 is 9.73 Å². The summed E-state index contributed by atoms with van der Waals surface area (Å²) in [6.45, 7) is 10.7. The largest absolute Gasteiger partial charge is 0.424 e. The molecule has 0 spiro atoms. The van der Waals surface area contributed by atoms with Gasteiger partial charge in [-0.15, -0.1) is 0 Å². The van der Waals surface area contributed by atoms with Gasteiger partial charge in [0, 0.05) is 25.2 Å². The molecule has 104 valence electrons. The molecule has 0 amide bonds. The minimum atomic E-state index is 0.547. The summed E-state index contributed by atoms with van der Waals surface area (Å²) in [5.74, 6) is 0. The van der Waals surface area contributed by atoms with E-state index in [-0.39, 0.29) is 0 Å². The molecule has 0 fully saturated rings. The molecule has 0 bridgehead atoms. The lowest BCUT2D eigenvalue weighted by molar-refractivity contribution is 0.182. The molecule has 2 rings (SSSR count). The van der Waals surface area contributed by atoms with Crippen molar-refractivity contribution in [3.63, 3.8) is 0 Å². The Balaban J connectivity index is 1.91. The van der Waals surface area contributed by atoms with Crippen LogP contribution in [0.4, 0.5) is 6.01 Å². The quantitative estimate of drug-likeness (QED) is 0.865. The van der Waals surface area contributed by atoms with E-state index in [1.807, 2.05) is 24.3 Å². The maximum Gasteiger partial charge on any atom is 0.295 e. The third-order valence-electron chi connectivity index (χ3n) is 3.27. The van der Waals surface area contributed by atoms with E-state index < -0.39 is 0 Å². The molecule has 0 aliphatic heterocycles. The molecule has 2 aromatic rings. The number of rotatable bonds is 6. The average molecular weight is 261 g/mol. The summed E-state index contributed by atoms with van der Waals surface area (Å²) >= 11 is 0. The highest BCUT2D eigenvalue weighted by Gasteiger charge is 2.13. The number of nitrogens with one attached hydrogen (secondary N) is 1. The van der Waals surface area contributed by atoms with Crippen LogP contribution in [0.25, 0.3) is 11.1 Å². The summed E-state index contributed by atoms with van der Waals surface area (Å²) in [4.78, 5) is 6.84. The first-order valence-corrected chi connectivity index (χ1v) is 6.93. The first-order valence-electron chi connectivity index (χ1n) is 6.93. The Bertz CT molecular complexity index is 478. The van der Waals surface area contributed by atoms with Crippen LogP contribution < -0.4 is 5.32 Å². The molecule has 4 nitrogen and oxygen atoms in total. The van der Waals surface area contributed by atoms with Crippen LogP contribution in [0, 0.1) is 0 Å². The van der Waals surface area contributed by atoms with E-state index in [1.165, 1.54) is 0 Å². The van der Waals surface area contributed by atoms with Gasteiger partial charge in [0.05, 0.1) is 0 Å². The molecule has 19 heavy (non-hydrogen) atoms. The molecule has 0 radical (unpaired) electrons. The summed E-state index contributed by atoms with van der Waals surface area (Å²) in [6, 6.07) is 9.51. The summed E-state index contributed by atoms with van der Waals surface area (Å²) in [5.41, 5.74) is 1.73. The summed E-state index contributed by atoms with van der Waals surface area (Å²) < 4.78 is 5.63. The van der Waals surface area contributed by atoms with Crippen LogP contribution in [-0.4, -0.2) is 35.1 Å². The number of benzene rings is 1. The second kappa shape index (κ2) is 6.06. The molecule has 1 aromatic heterocycles. The van der Waals surface area contributed by atoms with Gasteiger partial charge in [0.25, 0.3) is 6.01 Å². The van der Waals surface area contributed by atoms with Crippen molar-refractivity contribution in [1.29, 1.82) is 0 Å². The van der Waals surface area contributed by atoms with E-state index in [9.17, 15) is 0 Å². The van der Waals surface area contributed by atoms with Crippen molar-refractivity contribution in [2.45, 2.75) is 39.8 Å². The second-order valence-corrected chi connectivity index (χ2v) is 5.34. The lowest BCUT2D eigenvalue weighted by Gasteiger charge is -2.30. The predicted octanol–water partition coefficient (Wildman–Crippen LogP) is 3.36. The summed E-state index contributed by atoms with van der Waals surface area (Å²) in [5, 5.41) is 3.25. The lowest BCUT2D eigenvalue weighted by Crippen LogP contribution is -2.40. The fraction of sp³-hybridized carbons (Fsp3) is 0.533. The van der Waals surface area contributed by atoms with Gasteiger partial charge in [0.1, 0.15) is 5.52 Å². The zero-order valence-corrected chi connectivity index (χ0v) is 12.2. The minimum Gasteiger partial charge on any atom is -0.424 e. The highest BCUT2D eigenvalue weighted by molar-refractivity contribution is 5.74. The highest BCUT2D eigenvalue weighted by Crippen LogP contribution is 2.17. The number of fused-ring (bicyclic) bond motifs is 1. The van der Waals surface area contributed by atoms with Gasteiger partial charge in [-0.05, 0) is 39.8 Å².